The van der Waals surface area contributed by atoms with Crippen molar-refractivity contribution in [3.8, 4) is 0 Å². The standard InChI is InChI=1S/C14H26N2O4/c1-6-7-10(8-11(17)18)16-12(19)9(2)15-13(20)14(3,4)5/h9-10H,6-8H2,1-5H3,(H,15,20)(H,16,19)(H,17,18). The fraction of sp³-hybridized carbons (Fsp3) is 0.786. The first-order valence-electron chi connectivity index (χ1n) is 6.91. The summed E-state index contributed by atoms with van der Waals surface area (Å²) in [6.45, 7) is 8.79. The predicted octanol–water partition coefficient (Wildman–Crippen LogP) is 1.30. The lowest BCUT2D eigenvalue weighted by Crippen LogP contribution is -2.50. The number of nitrogens with one attached hydrogen (secondary N) is 2. The first-order valence-corrected chi connectivity index (χ1v) is 6.91. The minimum atomic E-state index is -0.949. The summed E-state index contributed by atoms with van der Waals surface area (Å²) >= 11 is 0. The Kier molecular flexibility index (Phi) is 7.24. The van der Waals surface area contributed by atoms with Crippen LogP contribution in [-0.4, -0.2) is 35.0 Å². The van der Waals surface area contributed by atoms with Gasteiger partial charge in [-0.2, -0.15) is 0 Å². The average Bonchev–Trinajstić information content (AvgIpc) is 2.26. The molecular formula is C14H26N2O4. The van der Waals surface area contributed by atoms with Crippen LogP contribution in [0.25, 0.3) is 0 Å². The highest BCUT2D eigenvalue weighted by atomic mass is 16.4. The molecule has 0 aromatic heterocycles. The zero-order chi connectivity index (χ0) is 15.9. The summed E-state index contributed by atoms with van der Waals surface area (Å²) in [4.78, 5) is 34.5. The fourth-order valence-corrected chi connectivity index (χ4v) is 1.59. The fourth-order valence-electron chi connectivity index (χ4n) is 1.59. The zero-order valence-corrected chi connectivity index (χ0v) is 12.9. The largest absolute Gasteiger partial charge is 0.481 e. The van der Waals surface area contributed by atoms with Crippen LogP contribution in [0.15, 0.2) is 0 Å². The summed E-state index contributed by atoms with van der Waals surface area (Å²) in [5.74, 6) is -1.53. The molecule has 2 amide bonds. The Hall–Kier alpha value is -1.59. The van der Waals surface area contributed by atoms with Gasteiger partial charge in [0.15, 0.2) is 0 Å². The van der Waals surface area contributed by atoms with Crippen LogP contribution >= 0.6 is 0 Å². The van der Waals surface area contributed by atoms with Gasteiger partial charge in [0.25, 0.3) is 0 Å². The van der Waals surface area contributed by atoms with E-state index in [-0.39, 0.29) is 18.2 Å². The van der Waals surface area contributed by atoms with Crippen LogP contribution in [0.1, 0.15) is 53.9 Å². The highest BCUT2D eigenvalue weighted by Gasteiger charge is 2.26. The van der Waals surface area contributed by atoms with Crippen molar-refractivity contribution < 1.29 is 19.5 Å². The number of carbonyl (C=O) groups is 3. The summed E-state index contributed by atoms with van der Waals surface area (Å²) in [7, 11) is 0. The third kappa shape index (κ3) is 7.11. The second-order valence-electron chi connectivity index (χ2n) is 6.04. The molecule has 0 spiro atoms. The van der Waals surface area contributed by atoms with Gasteiger partial charge in [0.05, 0.1) is 6.42 Å². The van der Waals surface area contributed by atoms with E-state index in [1.165, 1.54) is 0 Å². The Morgan fingerprint density at radius 3 is 2.10 bits per heavy atom. The highest BCUT2D eigenvalue weighted by molar-refractivity contribution is 5.89. The number of amides is 2. The Morgan fingerprint density at radius 2 is 1.70 bits per heavy atom. The van der Waals surface area contributed by atoms with Gasteiger partial charge in [-0.05, 0) is 13.3 Å². The van der Waals surface area contributed by atoms with E-state index in [1.54, 1.807) is 27.7 Å². The molecule has 0 heterocycles. The Morgan fingerprint density at radius 1 is 1.15 bits per heavy atom. The van der Waals surface area contributed by atoms with E-state index in [9.17, 15) is 14.4 Å². The summed E-state index contributed by atoms with van der Waals surface area (Å²) in [5.41, 5.74) is -0.571. The molecule has 0 aliphatic heterocycles. The van der Waals surface area contributed by atoms with Crippen molar-refractivity contribution in [3.63, 3.8) is 0 Å². The minimum absolute atomic E-state index is 0.112. The van der Waals surface area contributed by atoms with Crippen molar-refractivity contribution >= 4 is 17.8 Å². The molecule has 116 valence electrons. The van der Waals surface area contributed by atoms with Gasteiger partial charge < -0.3 is 15.7 Å². The van der Waals surface area contributed by atoms with E-state index in [0.29, 0.717) is 6.42 Å². The van der Waals surface area contributed by atoms with Crippen molar-refractivity contribution in [3.05, 3.63) is 0 Å². The van der Waals surface area contributed by atoms with Crippen LogP contribution in [-0.2, 0) is 14.4 Å². The molecule has 0 bridgehead atoms. The maximum absolute atomic E-state index is 12.0. The van der Waals surface area contributed by atoms with E-state index in [2.05, 4.69) is 10.6 Å². The molecule has 2 unspecified atom stereocenters. The third-order valence-corrected chi connectivity index (χ3v) is 2.83. The highest BCUT2D eigenvalue weighted by Crippen LogP contribution is 2.13. The number of rotatable bonds is 7. The lowest BCUT2D eigenvalue weighted by Gasteiger charge is -2.23. The Balaban J connectivity index is 4.49. The van der Waals surface area contributed by atoms with Crippen molar-refractivity contribution in [2.75, 3.05) is 0 Å². The summed E-state index contributed by atoms with van der Waals surface area (Å²) in [5, 5.41) is 14.1. The molecule has 2 atom stereocenters. The lowest BCUT2D eigenvalue weighted by molar-refractivity contribution is -0.138. The number of hydrogen-bond acceptors (Lipinski definition) is 3. The summed E-state index contributed by atoms with van der Waals surface area (Å²) < 4.78 is 0. The molecule has 0 aliphatic rings. The number of hydrogen-bond donors (Lipinski definition) is 3. The predicted molar refractivity (Wildman–Crippen MR) is 76.2 cm³/mol. The van der Waals surface area contributed by atoms with Crippen LogP contribution in [0.3, 0.4) is 0 Å². The normalized spacial score (nSPS) is 14.2. The molecule has 0 saturated carbocycles. The molecule has 20 heavy (non-hydrogen) atoms. The van der Waals surface area contributed by atoms with Gasteiger partial charge in [0.1, 0.15) is 6.04 Å². The lowest BCUT2D eigenvalue weighted by atomic mass is 9.95. The van der Waals surface area contributed by atoms with Crippen molar-refractivity contribution in [1.82, 2.24) is 10.6 Å². The topological polar surface area (TPSA) is 95.5 Å². The third-order valence-electron chi connectivity index (χ3n) is 2.83. The second kappa shape index (κ2) is 7.87. The molecule has 0 aromatic rings. The van der Waals surface area contributed by atoms with Crippen molar-refractivity contribution in [2.24, 2.45) is 5.41 Å². The number of carboxylic acid groups (broad SMARTS) is 1. The van der Waals surface area contributed by atoms with Crippen molar-refractivity contribution in [1.29, 1.82) is 0 Å². The van der Waals surface area contributed by atoms with Crippen LogP contribution in [0.2, 0.25) is 0 Å². The second-order valence-corrected chi connectivity index (χ2v) is 6.04. The Labute approximate surface area is 120 Å². The van der Waals surface area contributed by atoms with Gasteiger partial charge in [0, 0.05) is 11.5 Å². The molecule has 0 radical (unpaired) electrons. The van der Waals surface area contributed by atoms with Crippen molar-refractivity contribution in [2.45, 2.75) is 66.0 Å². The quantitative estimate of drug-likeness (QED) is 0.657. The molecule has 0 aliphatic carbocycles. The SMILES string of the molecule is CCCC(CC(=O)O)NC(=O)C(C)NC(=O)C(C)(C)C. The van der Waals surface area contributed by atoms with Gasteiger partial charge in [-0.1, -0.05) is 34.1 Å². The maximum atomic E-state index is 12.0. The van der Waals surface area contributed by atoms with Crippen LogP contribution in [0.4, 0.5) is 0 Å². The molecule has 0 aromatic carbocycles. The molecule has 3 N–H and O–H groups in total. The smallest absolute Gasteiger partial charge is 0.305 e. The Bertz CT molecular complexity index is 361. The molecule has 0 fully saturated rings. The van der Waals surface area contributed by atoms with E-state index >= 15 is 0 Å². The monoisotopic (exact) mass is 286 g/mol. The number of carboxylic acids is 1. The summed E-state index contributed by atoms with van der Waals surface area (Å²) in [6.07, 6.45) is 1.26. The number of aliphatic carboxylic acids is 1. The maximum Gasteiger partial charge on any atom is 0.305 e. The van der Waals surface area contributed by atoms with E-state index < -0.39 is 23.5 Å². The number of carbonyl (C=O) groups excluding carboxylic acids is 2. The van der Waals surface area contributed by atoms with Gasteiger partial charge in [-0.25, -0.2) is 0 Å². The van der Waals surface area contributed by atoms with Gasteiger partial charge in [-0.3, -0.25) is 14.4 Å². The van der Waals surface area contributed by atoms with Crippen LogP contribution < -0.4 is 10.6 Å². The molecule has 0 saturated heterocycles. The van der Waals surface area contributed by atoms with E-state index in [1.807, 2.05) is 6.92 Å². The van der Waals surface area contributed by atoms with Gasteiger partial charge in [-0.15, -0.1) is 0 Å². The van der Waals surface area contributed by atoms with E-state index in [4.69, 9.17) is 5.11 Å². The molecule has 6 nitrogen and oxygen atoms in total. The van der Waals surface area contributed by atoms with Gasteiger partial charge >= 0.3 is 5.97 Å². The van der Waals surface area contributed by atoms with Crippen LogP contribution in [0.5, 0.6) is 0 Å². The zero-order valence-electron chi connectivity index (χ0n) is 12.9. The first-order chi connectivity index (χ1) is 9.07. The molecular weight excluding hydrogens is 260 g/mol. The van der Waals surface area contributed by atoms with E-state index in [0.717, 1.165) is 6.42 Å². The first kappa shape index (κ1) is 18.4. The van der Waals surface area contributed by atoms with Crippen LogP contribution in [0, 0.1) is 5.41 Å². The molecule has 6 heteroatoms. The molecule has 0 rings (SSSR count). The van der Waals surface area contributed by atoms with Gasteiger partial charge in [0.2, 0.25) is 11.8 Å². The average molecular weight is 286 g/mol. The summed E-state index contributed by atoms with van der Waals surface area (Å²) in [6, 6.07) is -1.09. The minimum Gasteiger partial charge on any atom is -0.481 e.